The van der Waals surface area contributed by atoms with Gasteiger partial charge in [0, 0.05) is 19.0 Å². The van der Waals surface area contributed by atoms with E-state index in [1.807, 2.05) is 0 Å². The number of nitrogens with one attached hydrogen (secondary N) is 1. The molecular formula is C18H30N2O4. The predicted molar refractivity (Wildman–Crippen MR) is 90.3 cm³/mol. The summed E-state index contributed by atoms with van der Waals surface area (Å²) in [7, 11) is 0. The molecule has 1 unspecified atom stereocenters. The van der Waals surface area contributed by atoms with Crippen molar-refractivity contribution in [2.45, 2.75) is 77.3 Å². The lowest BCUT2D eigenvalue weighted by Crippen LogP contribution is -2.54. The molecule has 136 valence electrons. The maximum Gasteiger partial charge on any atom is 0.306 e. The van der Waals surface area contributed by atoms with Gasteiger partial charge in [-0.1, -0.05) is 13.8 Å². The van der Waals surface area contributed by atoms with Crippen LogP contribution < -0.4 is 5.32 Å². The first-order valence-electron chi connectivity index (χ1n) is 9.21. The number of nitrogens with zero attached hydrogens (tertiary/aromatic N) is 1. The Hall–Kier alpha value is -1.59. The standard InChI is InChI=1S/C18H30N2O4/c1-12(2)11-15(20-10-4-3-5-16(20)21)17(22)19-14-8-6-13(7-9-14)18(23)24/h12-15H,3-11H2,1-2H3,(H,19,22)(H,23,24). The van der Waals surface area contributed by atoms with E-state index >= 15 is 0 Å². The molecule has 2 aliphatic rings. The van der Waals surface area contributed by atoms with Gasteiger partial charge in [0.05, 0.1) is 5.92 Å². The molecule has 0 radical (unpaired) electrons. The lowest BCUT2D eigenvalue weighted by molar-refractivity contribution is -0.144. The fourth-order valence-corrected chi connectivity index (χ4v) is 3.76. The number of carboxylic acids is 1. The first-order chi connectivity index (χ1) is 11.4. The van der Waals surface area contributed by atoms with E-state index in [9.17, 15) is 14.4 Å². The molecule has 2 fully saturated rings. The van der Waals surface area contributed by atoms with Gasteiger partial charge in [-0.25, -0.2) is 0 Å². The van der Waals surface area contributed by atoms with Crippen LogP contribution in [0.3, 0.4) is 0 Å². The van der Waals surface area contributed by atoms with Gasteiger partial charge >= 0.3 is 5.97 Å². The minimum atomic E-state index is -0.739. The van der Waals surface area contributed by atoms with Gasteiger partial charge in [-0.2, -0.15) is 0 Å². The molecule has 0 bridgehead atoms. The van der Waals surface area contributed by atoms with Crippen LogP contribution >= 0.6 is 0 Å². The highest BCUT2D eigenvalue weighted by molar-refractivity contribution is 5.88. The minimum Gasteiger partial charge on any atom is -0.481 e. The minimum absolute atomic E-state index is 0.0302. The number of likely N-dealkylation sites (tertiary alicyclic amines) is 1. The molecule has 2 N–H and O–H groups in total. The third-order valence-electron chi connectivity index (χ3n) is 5.16. The van der Waals surface area contributed by atoms with Gasteiger partial charge < -0.3 is 15.3 Å². The van der Waals surface area contributed by atoms with Crippen molar-refractivity contribution < 1.29 is 19.5 Å². The Balaban J connectivity index is 1.95. The van der Waals surface area contributed by atoms with E-state index in [2.05, 4.69) is 19.2 Å². The second kappa shape index (κ2) is 8.49. The molecule has 2 amide bonds. The Morgan fingerprint density at radius 1 is 1.21 bits per heavy atom. The summed E-state index contributed by atoms with van der Waals surface area (Å²) in [6.07, 6.45) is 5.68. The van der Waals surface area contributed by atoms with Crippen LogP contribution in [0.5, 0.6) is 0 Å². The predicted octanol–water partition coefficient (Wildman–Crippen LogP) is 2.17. The Labute approximate surface area is 144 Å². The van der Waals surface area contributed by atoms with Crippen molar-refractivity contribution in [2.24, 2.45) is 11.8 Å². The van der Waals surface area contributed by atoms with Gasteiger partial charge in [0.1, 0.15) is 6.04 Å². The summed E-state index contributed by atoms with van der Waals surface area (Å²) in [6.45, 7) is 4.79. The smallest absolute Gasteiger partial charge is 0.306 e. The van der Waals surface area contributed by atoms with Gasteiger partial charge in [-0.3, -0.25) is 14.4 Å². The molecule has 1 aliphatic heterocycles. The Morgan fingerprint density at radius 2 is 1.88 bits per heavy atom. The average molecular weight is 338 g/mol. The van der Waals surface area contributed by atoms with Gasteiger partial charge in [0.2, 0.25) is 11.8 Å². The second-order valence-electron chi connectivity index (χ2n) is 7.58. The second-order valence-corrected chi connectivity index (χ2v) is 7.58. The maximum atomic E-state index is 12.8. The van der Waals surface area contributed by atoms with E-state index in [1.165, 1.54) is 0 Å². The molecule has 1 saturated carbocycles. The van der Waals surface area contributed by atoms with Crippen LogP contribution in [0.2, 0.25) is 0 Å². The SMILES string of the molecule is CC(C)CC(C(=O)NC1CCC(C(=O)O)CC1)N1CCCCC1=O. The Kier molecular flexibility index (Phi) is 6.63. The van der Waals surface area contributed by atoms with Crippen LogP contribution in [0.25, 0.3) is 0 Å². The van der Waals surface area contributed by atoms with Gasteiger partial charge in [0.25, 0.3) is 0 Å². The number of carboxylic acid groups (broad SMARTS) is 1. The number of amides is 2. The summed E-state index contributed by atoms with van der Waals surface area (Å²) in [6, 6.07) is -0.363. The maximum absolute atomic E-state index is 12.8. The quantitative estimate of drug-likeness (QED) is 0.777. The van der Waals surface area contributed by atoms with Crippen LogP contribution in [0.15, 0.2) is 0 Å². The molecule has 1 atom stereocenters. The monoisotopic (exact) mass is 338 g/mol. The molecule has 0 aromatic heterocycles. The molecule has 1 heterocycles. The Morgan fingerprint density at radius 3 is 2.42 bits per heavy atom. The first-order valence-corrected chi connectivity index (χ1v) is 9.21. The van der Waals surface area contributed by atoms with Crippen molar-refractivity contribution in [3.8, 4) is 0 Å². The third-order valence-corrected chi connectivity index (χ3v) is 5.16. The number of carbonyl (C=O) groups is 3. The summed E-state index contributed by atoms with van der Waals surface area (Å²) in [4.78, 5) is 37.8. The highest BCUT2D eigenvalue weighted by Gasteiger charge is 2.34. The fourth-order valence-electron chi connectivity index (χ4n) is 3.76. The van der Waals surface area contributed by atoms with Crippen molar-refractivity contribution in [1.82, 2.24) is 10.2 Å². The fraction of sp³-hybridized carbons (Fsp3) is 0.833. The molecule has 6 nitrogen and oxygen atoms in total. The number of piperidine rings is 1. The largest absolute Gasteiger partial charge is 0.481 e. The van der Waals surface area contributed by atoms with Crippen molar-refractivity contribution >= 4 is 17.8 Å². The van der Waals surface area contributed by atoms with Crippen molar-refractivity contribution in [2.75, 3.05) is 6.54 Å². The number of rotatable bonds is 6. The zero-order chi connectivity index (χ0) is 17.7. The van der Waals surface area contributed by atoms with E-state index < -0.39 is 12.0 Å². The molecule has 0 aromatic carbocycles. The van der Waals surface area contributed by atoms with E-state index in [4.69, 9.17) is 5.11 Å². The van der Waals surface area contributed by atoms with E-state index in [1.54, 1.807) is 4.90 Å². The highest BCUT2D eigenvalue weighted by Crippen LogP contribution is 2.25. The summed E-state index contributed by atoms with van der Waals surface area (Å²) in [5.41, 5.74) is 0. The summed E-state index contributed by atoms with van der Waals surface area (Å²) >= 11 is 0. The van der Waals surface area contributed by atoms with Crippen molar-refractivity contribution in [3.05, 3.63) is 0 Å². The van der Waals surface area contributed by atoms with Crippen LogP contribution in [0.4, 0.5) is 0 Å². The van der Waals surface area contributed by atoms with Crippen LogP contribution in [-0.4, -0.2) is 46.4 Å². The molecule has 0 aromatic rings. The van der Waals surface area contributed by atoms with Gasteiger partial charge in [0.15, 0.2) is 0 Å². The lowest BCUT2D eigenvalue weighted by Gasteiger charge is -2.36. The normalized spacial score (nSPS) is 26.3. The van der Waals surface area contributed by atoms with Crippen LogP contribution in [-0.2, 0) is 14.4 Å². The number of hydrogen-bond donors (Lipinski definition) is 2. The zero-order valence-electron chi connectivity index (χ0n) is 14.8. The molecule has 2 rings (SSSR count). The summed E-state index contributed by atoms with van der Waals surface area (Å²) in [5.74, 6) is -0.683. The molecular weight excluding hydrogens is 308 g/mol. The van der Waals surface area contributed by atoms with E-state index in [-0.39, 0.29) is 23.8 Å². The Bertz CT molecular complexity index is 470. The average Bonchev–Trinajstić information content (AvgIpc) is 2.53. The molecule has 24 heavy (non-hydrogen) atoms. The first kappa shape index (κ1) is 18.7. The topological polar surface area (TPSA) is 86.7 Å². The van der Waals surface area contributed by atoms with E-state index in [0.29, 0.717) is 51.0 Å². The van der Waals surface area contributed by atoms with Crippen molar-refractivity contribution in [3.63, 3.8) is 0 Å². The highest BCUT2D eigenvalue weighted by atomic mass is 16.4. The lowest BCUT2D eigenvalue weighted by atomic mass is 9.86. The number of hydrogen-bond acceptors (Lipinski definition) is 3. The third kappa shape index (κ3) is 4.95. The van der Waals surface area contributed by atoms with Gasteiger partial charge in [-0.15, -0.1) is 0 Å². The van der Waals surface area contributed by atoms with Crippen LogP contribution in [0, 0.1) is 11.8 Å². The molecule has 1 aliphatic carbocycles. The summed E-state index contributed by atoms with van der Waals surface area (Å²) in [5, 5.41) is 12.1. The van der Waals surface area contributed by atoms with Crippen LogP contribution in [0.1, 0.15) is 65.2 Å². The van der Waals surface area contributed by atoms with E-state index in [0.717, 1.165) is 12.8 Å². The summed E-state index contributed by atoms with van der Waals surface area (Å²) < 4.78 is 0. The molecule has 6 heteroatoms. The number of aliphatic carboxylic acids is 1. The van der Waals surface area contributed by atoms with Gasteiger partial charge in [-0.05, 0) is 50.9 Å². The molecule has 0 spiro atoms. The number of carbonyl (C=O) groups excluding carboxylic acids is 2. The zero-order valence-corrected chi connectivity index (χ0v) is 14.8. The van der Waals surface area contributed by atoms with Crippen molar-refractivity contribution in [1.29, 1.82) is 0 Å². The molecule has 1 saturated heterocycles.